The van der Waals surface area contributed by atoms with Crippen LogP contribution in [0, 0.1) is 6.92 Å². The zero-order valence-corrected chi connectivity index (χ0v) is 17.3. The van der Waals surface area contributed by atoms with Gasteiger partial charge < -0.3 is 15.0 Å². The van der Waals surface area contributed by atoms with Gasteiger partial charge in [-0.1, -0.05) is 41.8 Å². The van der Waals surface area contributed by atoms with Crippen molar-refractivity contribution in [2.75, 3.05) is 0 Å². The number of carbonyl (C=O) groups excluding carboxylic acids is 1. The van der Waals surface area contributed by atoms with Crippen LogP contribution in [0.1, 0.15) is 30.2 Å². The first-order valence-corrected chi connectivity index (χ1v) is 10.5. The Kier molecular flexibility index (Phi) is 6.64. The van der Waals surface area contributed by atoms with Gasteiger partial charge in [-0.05, 0) is 36.2 Å². The molecule has 0 fully saturated rings. The third-order valence-electron chi connectivity index (χ3n) is 4.77. The summed E-state index contributed by atoms with van der Waals surface area (Å²) in [4.78, 5) is 20.6. The van der Waals surface area contributed by atoms with Gasteiger partial charge in [-0.15, -0.1) is 4.89 Å². The molecule has 2 aromatic carbocycles. The minimum atomic E-state index is -2.76. The predicted molar refractivity (Wildman–Crippen MR) is 111 cm³/mol. The van der Waals surface area contributed by atoms with E-state index in [1.807, 2.05) is 37.3 Å². The number of amides is 1. The summed E-state index contributed by atoms with van der Waals surface area (Å²) in [5.41, 5.74) is 9.38. The summed E-state index contributed by atoms with van der Waals surface area (Å²) >= 11 is 0. The summed E-state index contributed by atoms with van der Waals surface area (Å²) < 4.78 is 23.7. The zero-order valence-electron chi connectivity index (χ0n) is 16.4. The molecule has 2 unspecified atom stereocenters. The van der Waals surface area contributed by atoms with E-state index in [1.54, 1.807) is 13.0 Å². The average molecular weight is 415 g/mol. The van der Waals surface area contributed by atoms with Crippen molar-refractivity contribution in [1.29, 1.82) is 0 Å². The van der Waals surface area contributed by atoms with Crippen molar-refractivity contribution in [3.8, 4) is 5.75 Å². The van der Waals surface area contributed by atoms with Crippen molar-refractivity contribution in [3.05, 3.63) is 65.4 Å². The van der Waals surface area contributed by atoms with Gasteiger partial charge in [0.05, 0.1) is 6.42 Å². The molecule has 1 aromatic heterocycles. The molecule has 3 N–H and O–H groups in total. The summed E-state index contributed by atoms with van der Waals surface area (Å²) in [6.45, 7) is 4.42. The number of ether oxygens (including phenoxy) is 1. The minimum absolute atomic E-state index is 0.115. The number of primary amides is 1. The molecule has 0 saturated heterocycles. The number of rotatable bonds is 9. The van der Waals surface area contributed by atoms with Gasteiger partial charge in [0, 0.05) is 34.1 Å². The lowest BCUT2D eigenvalue weighted by atomic mass is 10.1. The standard InChI is InChI=1S/C21H23N2O5P/c1-3-21(28-29(25)26)27-16-9-10-19-18(11-16)17(12-20(22)24)14(2)23(19)13-15-7-5-4-6-8-15/h4-11,21H,3,12-13H2,1-2H3,(H2-,22,24,25,26)/p+1. The summed E-state index contributed by atoms with van der Waals surface area (Å²) in [7, 11) is -2.76. The Balaban J connectivity index is 2.03. The SMILES string of the molecule is CCC(Oc1ccc2c(c1)c(CC(N)=O)c(C)n2Cc1ccccc1)O[P+](=O)O. The fraction of sp³-hybridized carbons (Fsp3) is 0.286. The molecule has 0 aliphatic heterocycles. The number of nitrogens with two attached hydrogens (primary N) is 1. The fourth-order valence-corrected chi connectivity index (χ4v) is 3.80. The molecule has 0 radical (unpaired) electrons. The van der Waals surface area contributed by atoms with Gasteiger partial charge >= 0.3 is 8.25 Å². The van der Waals surface area contributed by atoms with Gasteiger partial charge in [-0.2, -0.15) is 0 Å². The molecule has 3 aromatic rings. The Hall–Kier alpha value is -2.73. The highest BCUT2D eigenvalue weighted by Gasteiger charge is 2.24. The maximum atomic E-state index is 11.7. The van der Waals surface area contributed by atoms with Crippen molar-refractivity contribution in [2.45, 2.75) is 39.5 Å². The first-order valence-electron chi connectivity index (χ1n) is 9.32. The van der Waals surface area contributed by atoms with E-state index in [2.05, 4.69) is 16.7 Å². The minimum Gasteiger partial charge on any atom is -0.460 e. The molecular formula is C21H24N2O5P+. The van der Waals surface area contributed by atoms with E-state index in [-0.39, 0.29) is 6.42 Å². The van der Waals surface area contributed by atoms with Gasteiger partial charge in [0.1, 0.15) is 5.75 Å². The van der Waals surface area contributed by atoms with Crippen LogP contribution in [-0.4, -0.2) is 21.7 Å². The van der Waals surface area contributed by atoms with E-state index in [9.17, 15) is 9.36 Å². The highest BCUT2D eigenvalue weighted by atomic mass is 31.1. The molecule has 3 rings (SSSR count). The summed E-state index contributed by atoms with van der Waals surface area (Å²) in [5, 5.41) is 0.859. The van der Waals surface area contributed by atoms with Gasteiger partial charge in [-0.3, -0.25) is 4.79 Å². The van der Waals surface area contributed by atoms with Crippen molar-refractivity contribution in [1.82, 2.24) is 4.57 Å². The van der Waals surface area contributed by atoms with Gasteiger partial charge in [-0.25, -0.2) is 0 Å². The van der Waals surface area contributed by atoms with E-state index < -0.39 is 20.5 Å². The van der Waals surface area contributed by atoms with Crippen LogP contribution in [0.2, 0.25) is 0 Å². The molecule has 29 heavy (non-hydrogen) atoms. The van der Waals surface area contributed by atoms with Gasteiger partial charge in [0.25, 0.3) is 6.29 Å². The number of fused-ring (bicyclic) bond motifs is 1. The quantitative estimate of drug-likeness (QED) is 0.409. The van der Waals surface area contributed by atoms with Gasteiger partial charge in [0.2, 0.25) is 5.91 Å². The van der Waals surface area contributed by atoms with E-state index in [1.165, 1.54) is 0 Å². The molecule has 0 aliphatic rings. The van der Waals surface area contributed by atoms with Crippen LogP contribution >= 0.6 is 8.25 Å². The average Bonchev–Trinajstić information content (AvgIpc) is 2.93. The lowest BCUT2D eigenvalue weighted by molar-refractivity contribution is -0.117. The topological polar surface area (TPSA) is 104 Å². The molecule has 2 atom stereocenters. The van der Waals surface area contributed by atoms with Crippen LogP contribution in [0.25, 0.3) is 10.9 Å². The normalized spacial score (nSPS) is 12.7. The zero-order chi connectivity index (χ0) is 21.0. The van der Waals surface area contributed by atoms with Crippen LogP contribution in [0.5, 0.6) is 5.75 Å². The van der Waals surface area contributed by atoms with E-state index in [4.69, 9.17) is 19.9 Å². The lowest BCUT2D eigenvalue weighted by Gasteiger charge is -2.12. The number of carbonyl (C=O) groups is 1. The number of hydrogen-bond acceptors (Lipinski definition) is 4. The second kappa shape index (κ2) is 9.18. The van der Waals surface area contributed by atoms with E-state index >= 15 is 0 Å². The Labute approximate surface area is 170 Å². The van der Waals surface area contributed by atoms with Crippen molar-refractivity contribution in [3.63, 3.8) is 0 Å². The third kappa shape index (κ3) is 5.01. The number of nitrogens with zero attached hydrogens (tertiary/aromatic N) is 1. The molecule has 0 aliphatic carbocycles. The monoisotopic (exact) mass is 415 g/mol. The second-order valence-corrected chi connectivity index (χ2v) is 7.44. The second-order valence-electron chi connectivity index (χ2n) is 6.76. The first kappa shape index (κ1) is 21.0. The number of benzene rings is 2. The van der Waals surface area contributed by atoms with E-state index in [0.717, 1.165) is 27.7 Å². The highest BCUT2D eigenvalue weighted by Crippen LogP contribution is 2.32. The van der Waals surface area contributed by atoms with Crippen molar-refractivity contribution < 1.29 is 23.5 Å². The molecule has 1 amide bonds. The number of aromatic nitrogens is 1. The smallest absolute Gasteiger partial charge is 0.460 e. The first-order chi connectivity index (χ1) is 13.9. The summed E-state index contributed by atoms with van der Waals surface area (Å²) in [5.74, 6) is 0.0778. The maximum absolute atomic E-state index is 11.7. The summed E-state index contributed by atoms with van der Waals surface area (Å²) in [6.07, 6.45) is -0.320. The molecule has 152 valence electrons. The van der Waals surface area contributed by atoms with Crippen LogP contribution in [0.15, 0.2) is 48.5 Å². The van der Waals surface area contributed by atoms with Gasteiger partial charge in [0.15, 0.2) is 0 Å². The Morgan fingerprint density at radius 1 is 1.24 bits per heavy atom. The molecule has 8 heteroatoms. The lowest BCUT2D eigenvalue weighted by Crippen LogP contribution is -2.16. The molecule has 1 heterocycles. The largest absolute Gasteiger partial charge is 0.698 e. The Morgan fingerprint density at radius 3 is 2.59 bits per heavy atom. The van der Waals surface area contributed by atoms with Crippen LogP contribution < -0.4 is 10.5 Å². The predicted octanol–water partition coefficient (Wildman–Crippen LogP) is 3.81. The van der Waals surface area contributed by atoms with E-state index in [0.29, 0.717) is 18.7 Å². The van der Waals surface area contributed by atoms with Crippen LogP contribution in [0.4, 0.5) is 0 Å². The Morgan fingerprint density at radius 2 is 1.97 bits per heavy atom. The molecular weight excluding hydrogens is 391 g/mol. The molecule has 0 saturated carbocycles. The maximum Gasteiger partial charge on any atom is 0.698 e. The molecule has 0 spiro atoms. The number of hydrogen-bond donors (Lipinski definition) is 2. The fourth-order valence-electron chi connectivity index (χ4n) is 3.40. The Bertz CT molecular complexity index is 1030. The third-order valence-corrected chi connectivity index (χ3v) is 5.18. The highest BCUT2D eigenvalue weighted by molar-refractivity contribution is 7.32. The molecule has 0 bridgehead atoms. The molecule has 7 nitrogen and oxygen atoms in total. The van der Waals surface area contributed by atoms with Crippen LogP contribution in [-0.2, 0) is 26.8 Å². The van der Waals surface area contributed by atoms with Crippen LogP contribution in [0.3, 0.4) is 0 Å². The summed E-state index contributed by atoms with van der Waals surface area (Å²) in [6, 6.07) is 15.6. The van der Waals surface area contributed by atoms with Crippen molar-refractivity contribution >= 4 is 25.1 Å². The van der Waals surface area contributed by atoms with Crippen molar-refractivity contribution in [2.24, 2.45) is 5.73 Å².